The van der Waals surface area contributed by atoms with Crippen LogP contribution in [0, 0.1) is 11.3 Å². The van der Waals surface area contributed by atoms with Crippen LogP contribution in [0.25, 0.3) is 6.08 Å². The quantitative estimate of drug-likeness (QED) is 0.586. The zero-order valence-corrected chi connectivity index (χ0v) is 15.4. The molecular weight excluding hydrogens is 364 g/mol. The molecule has 0 aromatic heterocycles. The summed E-state index contributed by atoms with van der Waals surface area (Å²) in [7, 11) is -3.57. The molecule has 1 heterocycles. The van der Waals surface area contributed by atoms with Crippen molar-refractivity contribution >= 4 is 21.9 Å². The van der Waals surface area contributed by atoms with Gasteiger partial charge in [0.2, 0.25) is 10.0 Å². The molecule has 0 aliphatic carbocycles. The van der Waals surface area contributed by atoms with Crippen molar-refractivity contribution in [3.63, 3.8) is 0 Å². The number of carbonyl (C=O) groups is 1. The molecule has 1 aliphatic heterocycles. The molecule has 0 radical (unpaired) electrons. The zero-order valence-electron chi connectivity index (χ0n) is 14.5. The third-order valence-corrected chi connectivity index (χ3v) is 6.10. The van der Waals surface area contributed by atoms with E-state index in [0.717, 1.165) is 5.56 Å². The maximum absolute atomic E-state index is 12.6. The van der Waals surface area contributed by atoms with E-state index in [4.69, 9.17) is 10.00 Å². The first kappa shape index (κ1) is 19.0. The van der Waals surface area contributed by atoms with Gasteiger partial charge in [0.1, 0.15) is 0 Å². The van der Waals surface area contributed by atoms with Gasteiger partial charge < -0.3 is 4.74 Å². The van der Waals surface area contributed by atoms with Crippen LogP contribution in [0.1, 0.15) is 21.5 Å². The normalized spacial score (nSPS) is 15.5. The molecule has 27 heavy (non-hydrogen) atoms. The molecule has 1 fully saturated rings. The van der Waals surface area contributed by atoms with E-state index in [1.165, 1.54) is 34.6 Å². The van der Waals surface area contributed by atoms with E-state index >= 15 is 0 Å². The Labute approximate surface area is 158 Å². The van der Waals surface area contributed by atoms with E-state index in [2.05, 4.69) is 0 Å². The standard InChI is InChI=1S/C20H18N2O4S/c21-15-17-3-1-2-16(14-17)4-9-20(23)18-5-7-19(8-6-18)27(24,25)22-10-12-26-13-11-22/h1-9,14H,10-13H2/b9-4+. The van der Waals surface area contributed by atoms with Gasteiger partial charge in [-0.15, -0.1) is 0 Å². The summed E-state index contributed by atoms with van der Waals surface area (Å²) in [4.78, 5) is 12.5. The molecule has 0 spiro atoms. The lowest BCUT2D eigenvalue weighted by atomic mass is 10.1. The molecule has 6 nitrogen and oxygen atoms in total. The number of nitrogens with zero attached hydrogens (tertiary/aromatic N) is 2. The Kier molecular flexibility index (Phi) is 5.81. The Bertz CT molecular complexity index is 999. The summed E-state index contributed by atoms with van der Waals surface area (Å²) in [5, 5.41) is 8.90. The number of nitriles is 1. The van der Waals surface area contributed by atoms with Crippen molar-refractivity contribution in [2.75, 3.05) is 26.3 Å². The lowest BCUT2D eigenvalue weighted by Crippen LogP contribution is -2.40. The Balaban J connectivity index is 1.73. The van der Waals surface area contributed by atoms with Crippen LogP contribution in [-0.2, 0) is 14.8 Å². The molecule has 1 saturated heterocycles. The van der Waals surface area contributed by atoms with Gasteiger partial charge in [0.05, 0.1) is 29.7 Å². The summed E-state index contributed by atoms with van der Waals surface area (Å²) in [5.41, 5.74) is 1.65. The molecule has 0 saturated carbocycles. The lowest BCUT2D eigenvalue weighted by molar-refractivity contribution is 0.0730. The minimum Gasteiger partial charge on any atom is -0.379 e. The summed E-state index contributed by atoms with van der Waals surface area (Å²) in [6.07, 6.45) is 3.03. The summed E-state index contributed by atoms with van der Waals surface area (Å²) in [6.45, 7) is 1.42. The van der Waals surface area contributed by atoms with Crippen molar-refractivity contribution in [3.8, 4) is 6.07 Å². The number of carbonyl (C=O) groups excluding carboxylic acids is 1. The van der Waals surface area contributed by atoms with Crippen molar-refractivity contribution in [3.05, 3.63) is 71.3 Å². The monoisotopic (exact) mass is 382 g/mol. The molecule has 0 bridgehead atoms. The summed E-state index contributed by atoms with van der Waals surface area (Å²) in [6, 6.07) is 14.9. The van der Waals surface area contributed by atoms with Crippen molar-refractivity contribution in [2.45, 2.75) is 4.90 Å². The Hall–Kier alpha value is -2.79. The van der Waals surface area contributed by atoms with Crippen molar-refractivity contribution in [2.24, 2.45) is 0 Å². The predicted molar refractivity (Wildman–Crippen MR) is 101 cm³/mol. The van der Waals surface area contributed by atoms with Crippen LogP contribution in [0.3, 0.4) is 0 Å². The number of rotatable bonds is 5. The van der Waals surface area contributed by atoms with Gasteiger partial charge in [0.25, 0.3) is 0 Å². The minimum absolute atomic E-state index is 0.159. The number of benzene rings is 2. The molecule has 138 valence electrons. The van der Waals surface area contributed by atoms with E-state index in [1.807, 2.05) is 6.07 Å². The number of ether oxygens (including phenoxy) is 1. The summed E-state index contributed by atoms with van der Waals surface area (Å²) < 4.78 is 31.7. The lowest BCUT2D eigenvalue weighted by Gasteiger charge is -2.26. The molecule has 7 heteroatoms. The van der Waals surface area contributed by atoms with Crippen LogP contribution in [0.4, 0.5) is 0 Å². The van der Waals surface area contributed by atoms with Gasteiger partial charge in [-0.1, -0.05) is 18.2 Å². The second-order valence-electron chi connectivity index (χ2n) is 5.98. The fourth-order valence-corrected chi connectivity index (χ4v) is 4.12. The van der Waals surface area contributed by atoms with E-state index < -0.39 is 10.0 Å². The molecule has 2 aromatic rings. The number of morpholine rings is 1. The first-order valence-electron chi connectivity index (χ1n) is 8.41. The average Bonchev–Trinajstić information content (AvgIpc) is 2.73. The second-order valence-corrected chi connectivity index (χ2v) is 7.91. The van der Waals surface area contributed by atoms with E-state index in [1.54, 1.807) is 30.3 Å². The number of sulfonamides is 1. The SMILES string of the molecule is N#Cc1cccc(/C=C/C(=O)c2ccc(S(=O)(=O)N3CCOCC3)cc2)c1. The molecule has 0 atom stereocenters. The number of ketones is 1. The highest BCUT2D eigenvalue weighted by atomic mass is 32.2. The third-order valence-electron chi connectivity index (χ3n) is 4.19. The van der Waals surface area contributed by atoms with Crippen molar-refractivity contribution in [1.29, 1.82) is 5.26 Å². The first-order valence-corrected chi connectivity index (χ1v) is 9.85. The van der Waals surface area contributed by atoms with Crippen LogP contribution in [0.15, 0.2) is 59.5 Å². The Morgan fingerprint density at radius 3 is 2.48 bits per heavy atom. The van der Waals surface area contributed by atoms with Gasteiger partial charge >= 0.3 is 0 Å². The second kappa shape index (κ2) is 8.27. The molecular formula is C20H18N2O4S. The molecule has 3 rings (SSSR count). The average molecular weight is 382 g/mol. The van der Waals surface area contributed by atoms with E-state index in [9.17, 15) is 13.2 Å². The van der Waals surface area contributed by atoms with Gasteiger partial charge in [0, 0.05) is 18.7 Å². The van der Waals surface area contributed by atoms with Gasteiger partial charge in [0.15, 0.2) is 5.78 Å². The maximum Gasteiger partial charge on any atom is 0.243 e. The zero-order chi connectivity index (χ0) is 19.3. The Morgan fingerprint density at radius 1 is 1.11 bits per heavy atom. The molecule has 0 amide bonds. The Morgan fingerprint density at radius 2 is 1.81 bits per heavy atom. The van der Waals surface area contributed by atoms with E-state index in [0.29, 0.717) is 37.4 Å². The maximum atomic E-state index is 12.6. The largest absolute Gasteiger partial charge is 0.379 e. The fraction of sp³-hybridized carbons (Fsp3) is 0.200. The molecule has 0 unspecified atom stereocenters. The summed E-state index contributed by atoms with van der Waals surface area (Å²) >= 11 is 0. The van der Waals surface area contributed by atoms with Crippen molar-refractivity contribution in [1.82, 2.24) is 4.31 Å². The minimum atomic E-state index is -3.57. The van der Waals surface area contributed by atoms with Gasteiger partial charge in [-0.3, -0.25) is 4.79 Å². The number of hydrogen-bond acceptors (Lipinski definition) is 5. The highest BCUT2D eigenvalue weighted by Crippen LogP contribution is 2.18. The molecule has 2 aromatic carbocycles. The first-order chi connectivity index (χ1) is 13.0. The van der Waals surface area contributed by atoms with Crippen LogP contribution < -0.4 is 0 Å². The fourth-order valence-electron chi connectivity index (χ4n) is 2.71. The smallest absolute Gasteiger partial charge is 0.243 e. The number of allylic oxidation sites excluding steroid dienone is 1. The van der Waals surface area contributed by atoms with Crippen LogP contribution >= 0.6 is 0 Å². The predicted octanol–water partition coefficient (Wildman–Crippen LogP) is 2.48. The van der Waals surface area contributed by atoms with Crippen LogP contribution in [0.5, 0.6) is 0 Å². The van der Waals surface area contributed by atoms with Gasteiger partial charge in [-0.25, -0.2) is 8.42 Å². The van der Waals surface area contributed by atoms with Crippen LogP contribution in [0.2, 0.25) is 0 Å². The molecule has 1 aliphatic rings. The summed E-state index contributed by atoms with van der Waals surface area (Å²) in [5.74, 6) is -0.243. The molecule has 0 N–H and O–H groups in total. The third kappa shape index (κ3) is 4.49. The van der Waals surface area contributed by atoms with E-state index in [-0.39, 0.29) is 10.7 Å². The number of hydrogen-bond donors (Lipinski definition) is 0. The van der Waals surface area contributed by atoms with Crippen LogP contribution in [-0.4, -0.2) is 44.8 Å². The highest BCUT2D eigenvalue weighted by Gasteiger charge is 2.26. The van der Waals surface area contributed by atoms with Crippen molar-refractivity contribution < 1.29 is 17.9 Å². The highest BCUT2D eigenvalue weighted by molar-refractivity contribution is 7.89. The van der Waals surface area contributed by atoms with Gasteiger partial charge in [-0.2, -0.15) is 9.57 Å². The van der Waals surface area contributed by atoms with Gasteiger partial charge in [-0.05, 0) is 48.0 Å². The topological polar surface area (TPSA) is 87.5 Å².